The molecule has 1 aliphatic carbocycles. The molecule has 0 aromatic rings. The Hall–Kier alpha value is -3.10. The zero-order valence-electron chi connectivity index (χ0n) is 27.6. The molecule has 1 aliphatic rings. The molecule has 6 atom stereocenters. The maximum atomic E-state index is 17.7. The fraction of sp³-hybridized carbons (Fsp3) is 0.900. The summed E-state index contributed by atoms with van der Waals surface area (Å²) < 4.78 is 603. The Morgan fingerprint density at radius 2 is 0.470 bits per heavy atom. The summed E-state index contributed by atoms with van der Waals surface area (Å²) in [6, 6.07) is 0. The van der Waals surface area contributed by atoms with Crippen LogP contribution < -0.4 is 0 Å². The number of allylic oxidation sites excluding steroid dienone is 2. The fourth-order valence-corrected chi connectivity index (χ4v) is 6.88. The van der Waals surface area contributed by atoms with Gasteiger partial charge < -0.3 is 0 Å². The summed E-state index contributed by atoms with van der Waals surface area (Å²) in [5, 5.41) is 0. The lowest BCUT2D eigenvalue weighted by Crippen LogP contribution is -2.98. The molecule has 6 unspecified atom stereocenters. The van der Waals surface area contributed by atoms with Crippen molar-refractivity contribution in [1.82, 2.24) is 0 Å². The minimum atomic E-state index is -12.8. The summed E-state index contributed by atoms with van der Waals surface area (Å²) in [5.41, 5.74) is -93.6. The lowest BCUT2D eigenvalue weighted by atomic mass is 9.47. The second-order valence-corrected chi connectivity index (χ2v) is 13.9. The topological polar surface area (TPSA) is 86.7 Å². The average Bonchev–Trinajstić information content (AvgIpc) is 3.01. The lowest BCUT2D eigenvalue weighted by Gasteiger charge is -2.65. The molecule has 0 saturated carbocycles. The third kappa shape index (κ3) is 6.90. The quantitative estimate of drug-likeness (QED) is 0.160. The minimum Gasteiger partial charge on any atom is -0.229 e. The van der Waals surface area contributed by atoms with Crippen molar-refractivity contribution < 1.29 is 191 Å². The Morgan fingerprint density at radius 3 is 0.576 bits per heavy atom. The lowest BCUT2D eigenvalue weighted by molar-refractivity contribution is -0.510. The van der Waals surface area contributed by atoms with Crippen molar-refractivity contribution in [3.05, 3.63) is 11.7 Å². The number of alkyl halides is 34. The Kier molecular flexibility index (Phi) is 13.6. The standard InChI is InChI=1S/C20F38O6S2/c21-1-2(22)4(24,8(28,15(39,40)41)16(42,43)44)6(26,12(32,64-66(58,61)62)10(30,19(51,52)53)20(54,55)56)5(25,3(1,23)7(27,13(33,34)35)14(36,37)38)11(31,63-65(57,59)60)9(29,17(45,46)47)18(48,49)50. The van der Waals surface area contributed by atoms with Crippen LogP contribution in [0.1, 0.15) is 0 Å². The maximum Gasteiger partial charge on any atom is 0.440 e. The number of rotatable bonds is 10. The van der Waals surface area contributed by atoms with E-state index in [4.69, 9.17) is 0 Å². The first-order valence-electron chi connectivity index (χ1n) is 13.5. The van der Waals surface area contributed by atoms with Gasteiger partial charge in [0.2, 0.25) is 0 Å². The molecule has 0 heterocycles. The summed E-state index contributed by atoms with van der Waals surface area (Å²) in [5.74, 6) is -39.6. The Bertz CT molecular complexity index is 1930. The molecule has 46 heteroatoms. The normalized spacial score (nSPS) is 28.0. The number of hydrogen-bond acceptors (Lipinski definition) is 6. The van der Waals surface area contributed by atoms with Crippen molar-refractivity contribution in [2.45, 2.75) is 106 Å². The molecule has 0 aromatic heterocycles. The molecule has 6 nitrogen and oxygen atoms in total. The first kappa shape index (κ1) is 60.9. The van der Waals surface area contributed by atoms with E-state index in [2.05, 4.69) is 0 Å². The maximum absolute atomic E-state index is 17.7. The highest BCUT2D eigenvalue weighted by Gasteiger charge is 3.13. The molecule has 0 bridgehead atoms. The molecule has 0 aliphatic heterocycles. The molecule has 0 saturated heterocycles. The Labute approximate surface area is 331 Å². The van der Waals surface area contributed by atoms with E-state index in [1.807, 2.05) is 0 Å². The van der Waals surface area contributed by atoms with E-state index in [1.54, 1.807) is 0 Å². The van der Waals surface area contributed by atoms with Gasteiger partial charge in [0.25, 0.3) is 22.7 Å². The molecule has 0 radical (unpaired) electrons. The van der Waals surface area contributed by atoms with Crippen molar-refractivity contribution in [3.8, 4) is 0 Å². The van der Waals surface area contributed by atoms with Crippen LogP contribution in [0.2, 0.25) is 0 Å². The molecule has 0 spiro atoms. The van der Waals surface area contributed by atoms with E-state index in [0.717, 1.165) is 0 Å². The summed E-state index contributed by atoms with van der Waals surface area (Å²) in [4.78, 5) is 0. The third-order valence-corrected chi connectivity index (χ3v) is 9.35. The van der Waals surface area contributed by atoms with E-state index < -0.39 is 139 Å². The van der Waals surface area contributed by atoms with Crippen LogP contribution in [0.4, 0.5) is 166 Å². The minimum absolute atomic E-state index is 0.521. The van der Waals surface area contributed by atoms with Gasteiger partial charge in [-0.2, -0.15) is 131 Å². The highest BCUT2D eigenvalue weighted by Crippen LogP contribution is 2.82. The van der Waals surface area contributed by atoms with Gasteiger partial charge in [0, 0.05) is 0 Å². The van der Waals surface area contributed by atoms with E-state index in [9.17, 15) is 130 Å². The monoisotopic (exact) mass is 1120 g/mol. The Balaban J connectivity index is 6.58. The van der Waals surface area contributed by atoms with Gasteiger partial charge >= 0.3 is 105 Å². The van der Waals surface area contributed by atoms with Gasteiger partial charge in [-0.25, -0.2) is 52.7 Å². The zero-order valence-corrected chi connectivity index (χ0v) is 29.3. The molecule has 394 valence electrons. The SMILES string of the molecule is O=S(=O)(F)OC(F)(C(F)(C(F)(F)F)C(F)(F)F)C1(F)C(F)(C(F)(C(F)(F)F)C(F)(F)F)C(F)=C(F)C(F)(C(F)(C(F)(F)F)C(F)(F)F)C1(F)C(F)(OS(=O)(=O)F)C(F)(C(F)(F)F)C(F)(F)F. The van der Waals surface area contributed by atoms with Crippen LogP contribution in [-0.2, 0) is 29.4 Å². The molecule has 1 rings (SSSR count). The van der Waals surface area contributed by atoms with Gasteiger partial charge in [0.15, 0.2) is 11.7 Å². The van der Waals surface area contributed by atoms with Crippen molar-refractivity contribution >= 4 is 21.0 Å². The van der Waals surface area contributed by atoms with Crippen molar-refractivity contribution in [2.75, 3.05) is 0 Å². The van der Waals surface area contributed by atoms with E-state index in [0.29, 0.717) is 8.37 Å². The van der Waals surface area contributed by atoms with Crippen LogP contribution in [0.25, 0.3) is 0 Å². The summed E-state index contributed by atoms with van der Waals surface area (Å²) in [6.07, 6.45) is -82.3. The molecule has 0 fully saturated rings. The third-order valence-electron chi connectivity index (χ3n) is 8.50. The van der Waals surface area contributed by atoms with Crippen LogP contribution in [-0.4, -0.2) is 123 Å². The van der Waals surface area contributed by atoms with Gasteiger partial charge in [-0.3, -0.25) is 0 Å². The number of hydrogen-bond donors (Lipinski definition) is 0. The van der Waals surface area contributed by atoms with Crippen LogP contribution in [0, 0.1) is 0 Å². The smallest absolute Gasteiger partial charge is 0.229 e. The summed E-state index contributed by atoms with van der Waals surface area (Å²) in [6.45, 7) is 0. The van der Waals surface area contributed by atoms with E-state index in [1.165, 1.54) is 0 Å². The molecule has 66 heavy (non-hydrogen) atoms. The van der Waals surface area contributed by atoms with Crippen LogP contribution in [0.5, 0.6) is 0 Å². The van der Waals surface area contributed by atoms with Gasteiger partial charge in [0.05, 0.1) is 0 Å². The average molecular weight is 1120 g/mol. The molecular formula is C20F38O6S2. The molecule has 0 N–H and O–H groups in total. The van der Waals surface area contributed by atoms with Gasteiger partial charge in [-0.05, 0) is 0 Å². The summed E-state index contributed by atoms with van der Waals surface area (Å²) in [7, 11) is -20.6. The molecule has 0 amide bonds. The second-order valence-electron chi connectivity index (χ2n) is 12.0. The van der Waals surface area contributed by atoms with Gasteiger partial charge in [-0.15, -0.1) is 0 Å². The zero-order chi connectivity index (χ0) is 54.6. The van der Waals surface area contributed by atoms with E-state index >= 15 is 52.7 Å². The van der Waals surface area contributed by atoms with Gasteiger partial charge in [-0.1, -0.05) is 7.77 Å². The highest BCUT2D eigenvalue weighted by atomic mass is 32.3. The second kappa shape index (κ2) is 14.7. The van der Waals surface area contributed by atoms with Crippen molar-refractivity contribution in [3.63, 3.8) is 0 Å². The van der Waals surface area contributed by atoms with Crippen LogP contribution in [0.3, 0.4) is 0 Å². The fourth-order valence-electron chi connectivity index (χ4n) is 5.87. The first-order valence-corrected chi connectivity index (χ1v) is 16.1. The highest BCUT2D eigenvalue weighted by molar-refractivity contribution is 7.81. The van der Waals surface area contributed by atoms with Gasteiger partial charge in [0.1, 0.15) is 0 Å². The van der Waals surface area contributed by atoms with Crippen molar-refractivity contribution in [1.29, 1.82) is 0 Å². The molecular weight excluding hydrogens is 1120 g/mol. The van der Waals surface area contributed by atoms with Crippen LogP contribution >= 0.6 is 0 Å². The number of halogens is 38. The first-order chi connectivity index (χ1) is 27.7. The van der Waals surface area contributed by atoms with E-state index in [-0.39, 0.29) is 0 Å². The van der Waals surface area contributed by atoms with Crippen molar-refractivity contribution in [2.24, 2.45) is 0 Å². The summed E-state index contributed by atoms with van der Waals surface area (Å²) >= 11 is 0. The molecule has 0 aromatic carbocycles. The largest absolute Gasteiger partial charge is 0.440 e. The van der Waals surface area contributed by atoms with Crippen LogP contribution in [0.15, 0.2) is 11.7 Å². The predicted molar refractivity (Wildman–Crippen MR) is 118 cm³/mol. The Morgan fingerprint density at radius 1 is 0.318 bits per heavy atom. The predicted octanol–water partition coefficient (Wildman–Crippen LogP) is 11.1.